The van der Waals surface area contributed by atoms with Gasteiger partial charge in [-0.2, -0.15) is 13.2 Å². The summed E-state index contributed by atoms with van der Waals surface area (Å²) in [6, 6.07) is 22.7. The van der Waals surface area contributed by atoms with Crippen molar-refractivity contribution in [2.45, 2.75) is 17.4 Å². The Hall–Kier alpha value is -3.16. The molecule has 31 heavy (non-hydrogen) atoms. The minimum absolute atomic E-state index is 0.0114. The fraction of sp³-hybridized carbons (Fsp3) is 0.208. The highest BCUT2D eigenvalue weighted by atomic mass is 19.4. The fourth-order valence-electron chi connectivity index (χ4n) is 3.84. The van der Waals surface area contributed by atoms with Gasteiger partial charge in [0.05, 0.1) is 24.2 Å². The minimum atomic E-state index is -4.53. The van der Waals surface area contributed by atoms with Gasteiger partial charge in [0, 0.05) is 5.56 Å². The molecule has 0 amide bonds. The van der Waals surface area contributed by atoms with E-state index >= 15 is 0 Å². The van der Waals surface area contributed by atoms with Crippen LogP contribution in [0.5, 0.6) is 0 Å². The first kappa shape index (κ1) is 21.1. The Balaban J connectivity index is 1.72. The molecule has 0 aliphatic carbocycles. The van der Waals surface area contributed by atoms with Gasteiger partial charge >= 0.3 is 12.1 Å². The predicted octanol–water partition coefficient (Wildman–Crippen LogP) is 4.98. The van der Waals surface area contributed by atoms with Crippen LogP contribution in [0.25, 0.3) is 0 Å². The summed E-state index contributed by atoms with van der Waals surface area (Å²) in [6.45, 7) is -0.0668. The van der Waals surface area contributed by atoms with E-state index in [1.165, 1.54) is 0 Å². The molecule has 160 valence electrons. The van der Waals surface area contributed by atoms with Crippen molar-refractivity contribution in [1.82, 2.24) is 0 Å². The molecule has 0 aromatic heterocycles. The second-order valence-electron chi connectivity index (χ2n) is 7.39. The molecule has 0 bridgehead atoms. The number of benzene rings is 3. The molecule has 1 heterocycles. The van der Waals surface area contributed by atoms with E-state index in [1.807, 2.05) is 60.7 Å². The maximum atomic E-state index is 12.9. The van der Waals surface area contributed by atoms with Crippen LogP contribution in [0, 0.1) is 0 Å². The van der Waals surface area contributed by atoms with Crippen LogP contribution >= 0.6 is 0 Å². The lowest BCUT2D eigenvalue weighted by atomic mass is 9.75. The van der Waals surface area contributed by atoms with Crippen LogP contribution in [-0.2, 0) is 31.6 Å². The summed E-state index contributed by atoms with van der Waals surface area (Å²) in [5.74, 6) is -3.63. The predicted molar refractivity (Wildman–Crippen MR) is 106 cm³/mol. The van der Waals surface area contributed by atoms with Gasteiger partial charge in [-0.05, 0) is 23.3 Å². The highest BCUT2D eigenvalue weighted by molar-refractivity contribution is 5.78. The molecular weight excluding hydrogens is 409 g/mol. The quantitative estimate of drug-likeness (QED) is 0.637. The molecule has 4 rings (SSSR count). The lowest BCUT2D eigenvalue weighted by Crippen LogP contribution is -2.54. The van der Waals surface area contributed by atoms with E-state index in [0.717, 1.165) is 35.4 Å². The zero-order valence-electron chi connectivity index (χ0n) is 16.3. The number of alkyl halides is 3. The molecule has 3 aromatic carbocycles. The van der Waals surface area contributed by atoms with E-state index in [1.54, 1.807) is 0 Å². The lowest BCUT2D eigenvalue weighted by Gasteiger charge is -2.45. The van der Waals surface area contributed by atoms with Crippen molar-refractivity contribution in [3.63, 3.8) is 0 Å². The van der Waals surface area contributed by atoms with Gasteiger partial charge < -0.3 is 14.6 Å². The standard InChI is InChI=1S/C24H19F3O4/c25-24(26,27)20-13-11-19(12-14-20)23(21(28)29)30-15-22(16-31-23,17-7-3-1-4-8-17)18-9-5-2-6-10-18/h1-14H,15-16H2,(H,28,29). The van der Waals surface area contributed by atoms with E-state index in [-0.39, 0.29) is 18.8 Å². The third-order valence-electron chi connectivity index (χ3n) is 5.57. The molecule has 0 radical (unpaired) electrons. The molecule has 0 unspecified atom stereocenters. The average molecular weight is 428 g/mol. The summed E-state index contributed by atoms with van der Waals surface area (Å²) in [6.07, 6.45) is -4.53. The van der Waals surface area contributed by atoms with Crippen molar-refractivity contribution < 1.29 is 32.5 Å². The number of carboxylic acid groups (broad SMARTS) is 1. The van der Waals surface area contributed by atoms with Crippen LogP contribution < -0.4 is 0 Å². The molecule has 1 aliphatic heterocycles. The van der Waals surface area contributed by atoms with Crippen LogP contribution in [0.15, 0.2) is 84.9 Å². The number of carbonyl (C=O) groups is 1. The fourth-order valence-corrected chi connectivity index (χ4v) is 3.84. The smallest absolute Gasteiger partial charge is 0.416 e. The number of hydrogen-bond acceptors (Lipinski definition) is 3. The molecule has 0 spiro atoms. The van der Waals surface area contributed by atoms with Crippen LogP contribution in [0.1, 0.15) is 22.3 Å². The van der Waals surface area contributed by atoms with Gasteiger partial charge in [0.2, 0.25) is 0 Å². The summed E-state index contributed by atoms with van der Waals surface area (Å²) in [5, 5.41) is 9.91. The number of ether oxygens (including phenoxy) is 2. The zero-order valence-corrected chi connectivity index (χ0v) is 16.3. The van der Waals surface area contributed by atoms with Gasteiger partial charge in [0.25, 0.3) is 5.79 Å². The highest BCUT2D eigenvalue weighted by Crippen LogP contribution is 2.43. The Morgan fingerprint density at radius 2 is 1.19 bits per heavy atom. The summed E-state index contributed by atoms with van der Waals surface area (Å²) in [5.41, 5.74) is 0.103. The monoisotopic (exact) mass is 428 g/mol. The third-order valence-corrected chi connectivity index (χ3v) is 5.57. The molecule has 1 fully saturated rings. The maximum absolute atomic E-state index is 12.9. The van der Waals surface area contributed by atoms with Crippen molar-refractivity contribution in [1.29, 1.82) is 0 Å². The van der Waals surface area contributed by atoms with Crippen molar-refractivity contribution in [3.8, 4) is 0 Å². The topological polar surface area (TPSA) is 55.8 Å². The van der Waals surface area contributed by atoms with E-state index in [2.05, 4.69) is 0 Å². The molecule has 1 N–H and O–H groups in total. The summed E-state index contributed by atoms with van der Waals surface area (Å²) >= 11 is 0. The number of aliphatic carboxylic acids is 1. The Morgan fingerprint density at radius 3 is 1.58 bits per heavy atom. The molecule has 7 heteroatoms. The number of carboxylic acids is 1. The molecule has 4 nitrogen and oxygen atoms in total. The second-order valence-corrected chi connectivity index (χ2v) is 7.39. The molecule has 1 aliphatic rings. The first-order valence-electron chi connectivity index (χ1n) is 9.58. The molecule has 0 saturated carbocycles. The number of halogens is 3. The molecular formula is C24H19F3O4. The highest BCUT2D eigenvalue weighted by Gasteiger charge is 2.52. The minimum Gasteiger partial charge on any atom is -0.477 e. The maximum Gasteiger partial charge on any atom is 0.416 e. The van der Waals surface area contributed by atoms with Gasteiger partial charge in [-0.15, -0.1) is 0 Å². The van der Waals surface area contributed by atoms with Crippen LogP contribution in [0.4, 0.5) is 13.2 Å². The first-order chi connectivity index (χ1) is 14.8. The Morgan fingerprint density at radius 1 is 0.742 bits per heavy atom. The largest absolute Gasteiger partial charge is 0.477 e. The van der Waals surface area contributed by atoms with Crippen LogP contribution in [-0.4, -0.2) is 24.3 Å². The lowest BCUT2D eigenvalue weighted by molar-refractivity contribution is -0.287. The van der Waals surface area contributed by atoms with Crippen molar-refractivity contribution in [2.75, 3.05) is 13.2 Å². The summed E-state index contributed by atoms with van der Waals surface area (Å²) in [4.78, 5) is 12.2. The van der Waals surface area contributed by atoms with Gasteiger partial charge in [0.1, 0.15) is 0 Å². The Kier molecular flexibility index (Phi) is 5.33. The van der Waals surface area contributed by atoms with E-state index in [4.69, 9.17) is 9.47 Å². The zero-order chi connectivity index (χ0) is 22.1. The number of rotatable bonds is 4. The molecule has 3 aromatic rings. The van der Waals surface area contributed by atoms with Gasteiger partial charge in [0.15, 0.2) is 0 Å². The SMILES string of the molecule is O=C(O)C1(c2ccc(C(F)(F)F)cc2)OCC(c2ccccc2)(c2ccccc2)CO1. The van der Waals surface area contributed by atoms with E-state index in [9.17, 15) is 23.1 Å². The van der Waals surface area contributed by atoms with Gasteiger partial charge in [-0.1, -0.05) is 72.8 Å². The third kappa shape index (κ3) is 3.71. The summed E-state index contributed by atoms with van der Waals surface area (Å²) < 4.78 is 50.5. The van der Waals surface area contributed by atoms with E-state index < -0.39 is 28.9 Å². The number of hydrogen-bond donors (Lipinski definition) is 1. The van der Waals surface area contributed by atoms with Crippen LogP contribution in [0.2, 0.25) is 0 Å². The van der Waals surface area contributed by atoms with Crippen LogP contribution in [0.3, 0.4) is 0 Å². The molecule has 0 atom stereocenters. The van der Waals surface area contributed by atoms with Crippen molar-refractivity contribution in [2.24, 2.45) is 0 Å². The first-order valence-corrected chi connectivity index (χ1v) is 9.58. The van der Waals surface area contributed by atoms with Crippen molar-refractivity contribution >= 4 is 5.97 Å². The Labute approximate surface area is 176 Å². The molecule has 1 saturated heterocycles. The second kappa shape index (κ2) is 7.83. The van der Waals surface area contributed by atoms with E-state index in [0.29, 0.717) is 0 Å². The van der Waals surface area contributed by atoms with Crippen molar-refractivity contribution in [3.05, 3.63) is 107 Å². The Bertz CT molecular complexity index is 998. The summed E-state index contributed by atoms with van der Waals surface area (Å²) in [7, 11) is 0. The van der Waals surface area contributed by atoms with Gasteiger partial charge in [-0.3, -0.25) is 0 Å². The average Bonchev–Trinajstić information content (AvgIpc) is 2.80. The normalized spacial score (nSPS) is 17.8. The van der Waals surface area contributed by atoms with Gasteiger partial charge in [-0.25, -0.2) is 4.79 Å².